The van der Waals surface area contributed by atoms with Gasteiger partial charge in [0.15, 0.2) is 0 Å². The number of halogens is 1. The van der Waals surface area contributed by atoms with Crippen LogP contribution < -0.4 is 33.1 Å². The third-order valence-corrected chi connectivity index (χ3v) is 6.03. The fraction of sp³-hybridized carbons (Fsp3) is 0.118. The van der Waals surface area contributed by atoms with E-state index in [1.807, 2.05) is 0 Å². The molecule has 0 N–H and O–H groups in total. The van der Waals surface area contributed by atoms with E-state index < -0.39 is 7.92 Å². The summed E-state index contributed by atoms with van der Waals surface area (Å²) in [5.74, 6) is 0. The van der Waals surface area contributed by atoms with Crippen molar-refractivity contribution in [2.24, 2.45) is 14.1 Å². The van der Waals surface area contributed by atoms with Crippen LogP contribution in [0.2, 0.25) is 0 Å². The zero-order chi connectivity index (χ0) is 13.9. The molecule has 0 amide bonds. The quantitative estimate of drug-likeness (QED) is 0.416. The molecular weight excluding hydrogens is 299 g/mol. The Morgan fingerprint density at radius 3 is 1.71 bits per heavy atom. The topological polar surface area (TPSA) is 8.81 Å². The van der Waals surface area contributed by atoms with Crippen molar-refractivity contribution in [1.29, 1.82) is 0 Å². The molecule has 1 aromatic heterocycles. The van der Waals surface area contributed by atoms with Crippen LogP contribution in [-0.2, 0) is 14.1 Å². The summed E-state index contributed by atoms with van der Waals surface area (Å²) in [5, 5.41) is 2.76. The third-order valence-electron chi connectivity index (χ3n) is 3.37. The van der Waals surface area contributed by atoms with Crippen LogP contribution in [-0.4, -0.2) is 4.57 Å². The number of imidazole rings is 1. The largest absolute Gasteiger partial charge is 1.00 e. The monoisotopic (exact) mass is 316 g/mol. The number of hydrogen-bond donors (Lipinski definition) is 0. The minimum Gasteiger partial charge on any atom is -1.00 e. The zero-order valence-corrected chi connectivity index (χ0v) is 13.8. The molecule has 3 aromatic rings. The van der Waals surface area contributed by atoms with Crippen molar-refractivity contribution in [2.45, 2.75) is 0 Å². The van der Waals surface area contributed by atoms with Gasteiger partial charge in [-0.3, -0.25) is 0 Å². The van der Waals surface area contributed by atoms with Gasteiger partial charge in [-0.25, -0.2) is 9.13 Å². The second-order valence-corrected chi connectivity index (χ2v) is 6.93. The van der Waals surface area contributed by atoms with Crippen LogP contribution in [0.1, 0.15) is 0 Å². The molecule has 0 saturated heterocycles. The summed E-state index contributed by atoms with van der Waals surface area (Å²) >= 11 is 0. The Bertz CT molecular complexity index is 636. The zero-order valence-electron chi connectivity index (χ0n) is 12.1. The maximum atomic E-state index is 2.23. The van der Waals surface area contributed by atoms with Crippen molar-refractivity contribution >= 4 is 24.1 Å². The molecular formula is C17H18ClN2P. The second kappa shape index (κ2) is 6.89. The molecule has 0 radical (unpaired) electrons. The van der Waals surface area contributed by atoms with Crippen LogP contribution in [0.4, 0.5) is 0 Å². The van der Waals surface area contributed by atoms with E-state index >= 15 is 0 Å². The first-order valence-electron chi connectivity index (χ1n) is 6.68. The Morgan fingerprint density at radius 1 is 0.857 bits per heavy atom. The molecule has 108 valence electrons. The maximum absolute atomic E-state index is 2.23. The molecule has 21 heavy (non-hydrogen) atoms. The van der Waals surface area contributed by atoms with Crippen molar-refractivity contribution in [2.75, 3.05) is 0 Å². The molecule has 2 nitrogen and oxygen atoms in total. The van der Waals surface area contributed by atoms with Crippen molar-refractivity contribution in [3.05, 3.63) is 73.1 Å². The SMILES string of the molecule is Cn1cc[n+](C)c1P(c1ccccc1)c1ccccc1.[Cl-]. The Kier molecular flexibility index (Phi) is 5.17. The fourth-order valence-corrected chi connectivity index (χ4v) is 4.90. The standard InChI is InChI=1S/C17H18N2P.ClH/c1-18-13-14-19(2)17(18)20(15-9-5-3-6-10-15)16-11-7-4-8-12-16;/h3-14H,1-2H3;1H/q+1;/p-1. The molecule has 0 saturated carbocycles. The van der Waals surface area contributed by atoms with Gasteiger partial charge in [-0.05, 0) is 10.6 Å². The van der Waals surface area contributed by atoms with Gasteiger partial charge in [0.2, 0.25) is 0 Å². The second-order valence-electron chi connectivity index (χ2n) is 4.83. The first kappa shape index (κ1) is 15.8. The number of aromatic nitrogens is 2. The van der Waals surface area contributed by atoms with E-state index in [2.05, 4.69) is 96.3 Å². The minimum absolute atomic E-state index is 0. The first-order valence-corrected chi connectivity index (χ1v) is 8.03. The van der Waals surface area contributed by atoms with Gasteiger partial charge >= 0.3 is 0 Å². The lowest BCUT2D eigenvalue weighted by atomic mass is 10.4. The average Bonchev–Trinajstić information content (AvgIpc) is 2.82. The smallest absolute Gasteiger partial charge is 0.285 e. The average molecular weight is 317 g/mol. The van der Waals surface area contributed by atoms with Crippen molar-refractivity contribution in [3.8, 4) is 0 Å². The molecule has 0 fully saturated rings. The highest BCUT2D eigenvalue weighted by atomic mass is 35.5. The highest BCUT2D eigenvalue weighted by molar-refractivity contribution is 7.79. The van der Waals surface area contributed by atoms with Crippen LogP contribution in [0.25, 0.3) is 0 Å². The first-order chi connectivity index (χ1) is 9.77. The van der Waals surface area contributed by atoms with E-state index in [9.17, 15) is 0 Å². The van der Waals surface area contributed by atoms with Crippen molar-refractivity contribution in [1.82, 2.24) is 4.57 Å². The van der Waals surface area contributed by atoms with E-state index in [1.54, 1.807) is 0 Å². The Hall–Kier alpha value is -1.63. The molecule has 0 aliphatic heterocycles. The number of rotatable bonds is 3. The molecule has 0 spiro atoms. The van der Waals surface area contributed by atoms with Crippen molar-refractivity contribution < 1.29 is 17.0 Å². The van der Waals surface area contributed by atoms with Gasteiger partial charge in [0.05, 0.1) is 22.0 Å². The van der Waals surface area contributed by atoms with E-state index in [-0.39, 0.29) is 12.4 Å². The number of benzene rings is 2. The van der Waals surface area contributed by atoms with Crippen LogP contribution in [0, 0.1) is 0 Å². The van der Waals surface area contributed by atoms with Crippen molar-refractivity contribution in [3.63, 3.8) is 0 Å². The molecule has 0 aliphatic carbocycles. The summed E-state index contributed by atoms with van der Waals surface area (Å²) in [7, 11) is 3.72. The fourth-order valence-electron chi connectivity index (χ4n) is 2.43. The molecule has 0 atom stereocenters. The van der Waals surface area contributed by atoms with Crippen LogP contribution in [0.5, 0.6) is 0 Å². The molecule has 0 unspecified atom stereocenters. The highest BCUT2D eigenvalue weighted by Gasteiger charge is 2.27. The maximum Gasteiger partial charge on any atom is 0.285 e. The van der Waals surface area contributed by atoms with E-state index in [1.165, 1.54) is 16.2 Å². The number of nitrogens with zero attached hydrogens (tertiary/aromatic N) is 2. The van der Waals surface area contributed by atoms with Gasteiger partial charge < -0.3 is 12.4 Å². The normalized spacial score (nSPS) is 10.4. The molecule has 0 bridgehead atoms. The third kappa shape index (κ3) is 3.18. The summed E-state index contributed by atoms with van der Waals surface area (Å²) in [6.07, 6.45) is 4.24. The van der Waals surface area contributed by atoms with E-state index in [4.69, 9.17) is 0 Å². The summed E-state index contributed by atoms with van der Waals surface area (Å²) in [5.41, 5.74) is 1.34. The lowest BCUT2D eigenvalue weighted by molar-refractivity contribution is -0.652. The number of hydrogen-bond acceptors (Lipinski definition) is 0. The predicted molar refractivity (Wildman–Crippen MR) is 85.3 cm³/mol. The van der Waals surface area contributed by atoms with Crippen LogP contribution >= 0.6 is 7.92 Å². The summed E-state index contributed by atoms with van der Waals surface area (Å²) in [6.45, 7) is 0. The predicted octanol–water partition coefficient (Wildman–Crippen LogP) is -1.39. The molecule has 1 heterocycles. The summed E-state index contributed by atoms with van der Waals surface area (Å²) < 4.78 is 4.46. The lowest BCUT2D eigenvalue weighted by Crippen LogP contribution is -3.00. The molecule has 0 aliphatic rings. The van der Waals surface area contributed by atoms with Gasteiger partial charge in [-0.2, -0.15) is 0 Å². The molecule has 4 heteroatoms. The van der Waals surface area contributed by atoms with Gasteiger partial charge in [0.1, 0.15) is 12.4 Å². The Balaban J connectivity index is 0.00000161. The van der Waals surface area contributed by atoms with E-state index in [0.29, 0.717) is 0 Å². The van der Waals surface area contributed by atoms with Crippen LogP contribution in [0.3, 0.4) is 0 Å². The van der Waals surface area contributed by atoms with Gasteiger partial charge in [-0.1, -0.05) is 60.7 Å². The van der Waals surface area contributed by atoms with Gasteiger partial charge in [-0.15, -0.1) is 0 Å². The summed E-state index contributed by atoms with van der Waals surface area (Å²) in [4.78, 5) is 0. The summed E-state index contributed by atoms with van der Waals surface area (Å²) in [6, 6.07) is 21.6. The highest BCUT2D eigenvalue weighted by Crippen LogP contribution is 2.30. The van der Waals surface area contributed by atoms with Gasteiger partial charge in [0, 0.05) is 0 Å². The molecule has 2 aromatic carbocycles. The molecule has 3 rings (SSSR count). The van der Waals surface area contributed by atoms with Gasteiger partial charge in [0.25, 0.3) is 5.57 Å². The van der Waals surface area contributed by atoms with Crippen LogP contribution in [0.15, 0.2) is 73.1 Å². The number of aryl methyl sites for hydroxylation is 2. The van der Waals surface area contributed by atoms with E-state index in [0.717, 1.165) is 0 Å². The Morgan fingerprint density at radius 2 is 1.33 bits per heavy atom. The minimum atomic E-state index is -0.525. The lowest BCUT2D eigenvalue weighted by Gasteiger charge is -2.15. The Labute approximate surface area is 133 Å².